The highest BCUT2D eigenvalue weighted by molar-refractivity contribution is 5.89. The van der Waals surface area contributed by atoms with Crippen LogP contribution in [-0.4, -0.2) is 44.5 Å². The lowest BCUT2D eigenvalue weighted by atomic mass is 10.0. The first-order valence-electron chi connectivity index (χ1n) is 10.8. The summed E-state index contributed by atoms with van der Waals surface area (Å²) in [7, 11) is 1.87. The van der Waals surface area contributed by atoms with Crippen LogP contribution >= 0.6 is 0 Å². The molecule has 3 aromatic rings. The number of carbonyl (C=O) groups is 1. The fraction of sp³-hybridized carbons (Fsp3) is 0.381. The first kappa shape index (κ1) is 12.8. The molecule has 0 saturated carbocycles. The summed E-state index contributed by atoms with van der Waals surface area (Å²) < 4.78 is 34.1. The molecule has 0 aliphatic carbocycles. The van der Waals surface area contributed by atoms with Gasteiger partial charge >= 0.3 is 0 Å². The summed E-state index contributed by atoms with van der Waals surface area (Å²) in [6.07, 6.45) is 5.63. The van der Waals surface area contributed by atoms with Crippen LogP contribution in [0.4, 0.5) is 0 Å². The number of hydrogen-bond donors (Lipinski definition) is 0. The van der Waals surface area contributed by atoms with Crippen LogP contribution in [0.25, 0.3) is 21.9 Å². The number of likely N-dealkylation sites (tertiary alicyclic amines) is 1. The molecule has 1 aliphatic rings. The molecular formula is C21H24N4O. The molecule has 0 amide bonds. The second-order valence-corrected chi connectivity index (χ2v) is 6.65. The number of ketones is 1. The number of aryl methyl sites for hydroxylation is 1. The highest BCUT2D eigenvalue weighted by Gasteiger charge is 2.24. The zero-order valence-corrected chi connectivity index (χ0v) is 14.9. The maximum atomic E-state index is 12.9. The molecule has 0 N–H and O–H groups in total. The number of nitrogens with zero attached hydrogens (tertiary/aromatic N) is 4. The third kappa shape index (κ3) is 3.40. The molecule has 5 heteroatoms. The first-order chi connectivity index (χ1) is 14.1. The van der Waals surface area contributed by atoms with Gasteiger partial charge in [0.1, 0.15) is 0 Å². The first-order valence-corrected chi connectivity index (χ1v) is 8.77. The summed E-state index contributed by atoms with van der Waals surface area (Å²) in [4.78, 5) is 18.3. The molecule has 3 heterocycles. The summed E-state index contributed by atoms with van der Waals surface area (Å²) in [5.74, 6) is -0.250. The molecule has 134 valence electrons. The summed E-state index contributed by atoms with van der Waals surface area (Å²) in [5, 5.41) is 6.11. The van der Waals surface area contributed by atoms with Crippen molar-refractivity contribution in [2.45, 2.75) is 32.2 Å². The van der Waals surface area contributed by atoms with Gasteiger partial charge in [-0.25, -0.2) is 0 Å². The number of carbonyl (C=O) groups excluding carboxylic acids is 1. The van der Waals surface area contributed by atoms with Gasteiger partial charge in [-0.3, -0.25) is 19.4 Å². The topological polar surface area (TPSA) is 51.0 Å². The molecule has 1 saturated heterocycles. The monoisotopic (exact) mass is 352 g/mol. The number of rotatable bonds is 5. The van der Waals surface area contributed by atoms with Gasteiger partial charge in [-0.05, 0) is 55.8 Å². The Morgan fingerprint density at radius 2 is 2.00 bits per heavy atom. The van der Waals surface area contributed by atoms with Crippen molar-refractivity contribution in [3.63, 3.8) is 0 Å². The maximum absolute atomic E-state index is 12.9. The van der Waals surface area contributed by atoms with E-state index in [1.54, 1.807) is 24.0 Å². The largest absolute Gasteiger partial charge is 0.298 e. The molecule has 26 heavy (non-hydrogen) atoms. The molecular weight excluding hydrogens is 324 g/mol. The van der Waals surface area contributed by atoms with Gasteiger partial charge in [0.05, 0.1) is 18.7 Å². The average molecular weight is 352 g/mol. The van der Waals surface area contributed by atoms with Gasteiger partial charge in [0.2, 0.25) is 0 Å². The molecule has 0 spiro atoms. The molecule has 0 bridgehead atoms. The van der Waals surface area contributed by atoms with E-state index in [-0.39, 0.29) is 25.0 Å². The van der Waals surface area contributed by atoms with Crippen LogP contribution in [0.5, 0.6) is 0 Å². The van der Waals surface area contributed by atoms with E-state index < -0.39 is 19.0 Å². The summed E-state index contributed by atoms with van der Waals surface area (Å²) in [5.41, 5.74) is 2.61. The van der Waals surface area contributed by atoms with Gasteiger partial charge in [-0.15, -0.1) is 0 Å². The zero-order chi connectivity index (χ0) is 21.7. The Bertz CT molecular complexity index is 1100. The lowest BCUT2D eigenvalue weighted by Gasteiger charge is -2.22. The minimum absolute atomic E-state index is 0.0247. The smallest absolute Gasteiger partial charge is 0.155 e. The second kappa shape index (κ2) is 7.00. The second-order valence-electron chi connectivity index (χ2n) is 6.65. The Balaban J connectivity index is 1.58. The molecule has 5 nitrogen and oxygen atoms in total. The van der Waals surface area contributed by atoms with Crippen molar-refractivity contribution in [2.75, 3.05) is 13.0 Å². The van der Waals surface area contributed by atoms with Gasteiger partial charge in [-0.2, -0.15) is 5.10 Å². The van der Waals surface area contributed by atoms with E-state index in [2.05, 4.69) is 10.1 Å². The average Bonchev–Trinajstić information content (AvgIpc) is 3.20. The van der Waals surface area contributed by atoms with E-state index >= 15 is 0 Å². The minimum Gasteiger partial charge on any atom is -0.298 e. The van der Waals surface area contributed by atoms with Crippen molar-refractivity contribution in [1.82, 2.24) is 19.7 Å². The quantitative estimate of drug-likeness (QED) is 0.707. The van der Waals surface area contributed by atoms with Gasteiger partial charge in [0.15, 0.2) is 5.78 Å². The summed E-state index contributed by atoms with van der Waals surface area (Å²) in [6.45, 7) is -2.10. The van der Waals surface area contributed by atoms with Crippen molar-refractivity contribution in [1.29, 1.82) is 0 Å². The Morgan fingerprint density at radius 3 is 2.73 bits per heavy atom. The third-order valence-corrected chi connectivity index (χ3v) is 4.71. The molecule has 2 aromatic heterocycles. The zero-order valence-electron chi connectivity index (χ0n) is 18.9. The Hall–Kier alpha value is -2.53. The number of hydrogen-bond acceptors (Lipinski definition) is 4. The fourth-order valence-corrected chi connectivity index (χ4v) is 3.19. The number of pyridine rings is 1. The van der Waals surface area contributed by atoms with Crippen molar-refractivity contribution in [3.05, 3.63) is 48.5 Å². The molecule has 1 atom stereocenters. The molecule has 1 fully saturated rings. The third-order valence-electron chi connectivity index (χ3n) is 4.71. The lowest BCUT2D eigenvalue weighted by molar-refractivity contribution is -0.122. The SMILES string of the molecule is [2H]C1([2H])CCC([2H])([2H])N1C(C)C(=O)Cc1cc2cc(-c3cnn(C)c3)ccc2cn1. The predicted octanol–water partition coefficient (Wildman–Crippen LogP) is 3.23. The van der Waals surface area contributed by atoms with Gasteiger partial charge in [-0.1, -0.05) is 12.1 Å². The van der Waals surface area contributed by atoms with Crippen LogP contribution in [0.1, 0.15) is 30.9 Å². The normalized spacial score (nSPS) is 22.4. The van der Waals surface area contributed by atoms with E-state index in [4.69, 9.17) is 5.48 Å². The number of aromatic nitrogens is 3. The standard InChI is InChI=1S/C21H24N4O/c1-15(25-7-3-4-8-25)21(26)11-20-10-18-9-16(5-6-17(18)12-22-20)19-13-23-24(2)14-19/h5-6,9-10,12-15H,3-4,7-8,11H2,1-2H3/i7D2,8D2. The summed E-state index contributed by atoms with van der Waals surface area (Å²) in [6, 6.07) is 7.00. The van der Waals surface area contributed by atoms with Gasteiger partial charge in [0.25, 0.3) is 0 Å². The van der Waals surface area contributed by atoms with Gasteiger partial charge in [0, 0.05) is 41.6 Å². The number of fused-ring (bicyclic) bond motifs is 1. The van der Waals surface area contributed by atoms with Crippen LogP contribution in [0.15, 0.2) is 42.9 Å². The molecule has 0 radical (unpaired) electrons. The maximum Gasteiger partial charge on any atom is 0.155 e. The van der Waals surface area contributed by atoms with Crippen LogP contribution in [0.3, 0.4) is 0 Å². The predicted molar refractivity (Wildman–Crippen MR) is 103 cm³/mol. The van der Waals surface area contributed by atoms with Crippen LogP contribution in [-0.2, 0) is 18.3 Å². The van der Waals surface area contributed by atoms with Gasteiger partial charge < -0.3 is 0 Å². The van der Waals surface area contributed by atoms with E-state index in [1.165, 1.54) is 0 Å². The fourth-order valence-electron chi connectivity index (χ4n) is 3.19. The molecule has 1 aromatic carbocycles. The van der Waals surface area contributed by atoms with Crippen LogP contribution < -0.4 is 0 Å². The van der Waals surface area contributed by atoms with Crippen molar-refractivity contribution < 1.29 is 10.3 Å². The van der Waals surface area contributed by atoms with Crippen molar-refractivity contribution in [2.24, 2.45) is 7.05 Å². The van der Waals surface area contributed by atoms with Crippen molar-refractivity contribution in [3.8, 4) is 11.1 Å². The highest BCUT2D eigenvalue weighted by Crippen LogP contribution is 2.24. The number of Topliss-reactive ketones (excluding diaryl/α,β-unsaturated/α-hetero) is 1. The molecule has 4 rings (SSSR count). The minimum atomic E-state index is -1.84. The lowest BCUT2D eigenvalue weighted by Crippen LogP contribution is -2.37. The van der Waals surface area contributed by atoms with Crippen LogP contribution in [0.2, 0.25) is 0 Å². The molecule has 1 unspecified atom stereocenters. The summed E-state index contributed by atoms with van der Waals surface area (Å²) >= 11 is 0. The highest BCUT2D eigenvalue weighted by atomic mass is 16.1. The Morgan fingerprint density at radius 1 is 1.19 bits per heavy atom. The van der Waals surface area contributed by atoms with E-state index in [0.29, 0.717) is 5.69 Å². The Kier molecular flexibility index (Phi) is 3.44. The van der Waals surface area contributed by atoms with Crippen LogP contribution in [0, 0.1) is 0 Å². The van der Waals surface area contributed by atoms with E-state index in [9.17, 15) is 4.79 Å². The van der Waals surface area contributed by atoms with E-state index in [0.717, 1.165) is 26.8 Å². The van der Waals surface area contributed by atoms with E-state index in [1.807, 2.05) is 37.5 Å². The Labute approximate surface area is 159 Å². The van der Waals surface area contributed by atoms with Crippen molar-refractivity contribution >= 4 is 16.6 Å². The number of benzene rings is 1. The molecule has 1 aliphatic heterocycles.